The highest BCUT2D eigenvalue weighted by molar-refractivity contribution is 5.85. The minimum Gasteiger partial charge on any atom is -0.206 e. The standard InChI is InChI=1S/C31H35F/c1-3-5-23-6-8-24(9-7-23)10-11-25-12-14-26(15-13-25)16-17-27-18-21-30-29(22-27)20-19-28(4-2)31(30)32/h12-15,18-24H,3-11H2,1-2H3. The molecule has 0 heterocycles. The van der Waals surface area contributed by atoms with Crippen molar-refractivity contribution in [2.45, 2.75) is 71.6 Å². The summed E-state index contributed by atoms with van der Waals surface area (Å²) in [5.41, 5.74) is 4.13. The quantitative estimate of drug-likeness (QED) is 0.347. The van der Waals surface area contributed by atoms with Crippen molar-refractivity contribution in [1.29, 1.82) is 0 Å². The largest absolute Gasteiger partial charge is 0.206 e. The molecule has 4 rings (SSSR count). The number of rotatable bonds is 6. The maximum Gasteiger partial charge on any atom is 0.134 e. The molecule has 1 saturated carbocycles. The molecule has 0 spiro atoms. The molecule has 0 radical (unpaired) electrons. The molecule has 0 N–H and O–H groups in total. The number of fused-ring (bicyclic) bond motifs is 1. The second-order valence-corrected chi connectivity index (χ2v) is 9.49. The summed E-state index contributed by atoms with van der Waals surface area (Å²) in [5.74, 6) is 8.31. The van der Waals surface area contributed by atoms with E-state index in [0.717, 1.165) is 33.9 Å². The summed E-state index contributed by atoms with van der Waals surface area (Å²) in [5, 5.41) is 1.59. The summed E-state index contributed by atoms with van der Waals surface area (Å²) in [6.45, 7) is 4.29. The number of benzene rings is 3. The van der Waals surface area contributed by atoms with Gasteiger partial charge in [-0.15, -0.1) is 0 Å². The van der Waals surface area contributed by atoms with Gasteiger partial charge in [0.25, 0.3) is 0 Å². The van der Waals surface area contributed by atoms with E-state index in [2.05, 4.69) is 43.0 Å². The van der Waals surface area contributed by atoms with Crippen LogP contribution in [-0.4, -0.2) is 0 Å². The van der Waals surface area contributed by atoms with Gasteiger partial charge in [0.15, 0.2) is 0 Å². The first-order chi connectivity index (χ1) is 15.7. The molecule has 0 aliphatic heterocycles. The zero-order valence-electron chi connectivity index (χ0n) is 19.6. The molecule has 3 aromatic rings. The van der Waals surface area contributed by atoms with Gasteiger partial charge in [0.2, 0.25) is 0 Å². The Morgan fingerprint density at radius 3 is 2.12 bits per heavy atom. The lowest BCUT2D eigenvalue weighted by Gasteiger charge is -2.28. The van der Waals surface area contributed by atoms with Crippen LogP contribution in [0.2, 0.25) is 0 Å². The number of hydrogen-bond acceptors (Lipinski definition) is 0. The van der Waals surface area contributed by atoms with E-state index < -0.39 is 0 Å². The van der Waals surface area contributed by atoms with Crippen molar-refractivity contribution in [2.75, 3.05) is 0 Å². The fraction of sp³-hybridized carbons (Fsp3) is 0.419. The SMILES string of the molecule is CCCC1CCC(CCc2ccc(C#Cc3ccc4c(F)c(CC)ccc4c3)cc2)CC1. The van der Waals surface area contributed by atoms with Gasteiger partial charge in [-0.3, -0.25) is 0 Å². The molecule has 0 saturated heterocycles. The zero-order valence-corrected chi connectivity index (χ0v) is 19.6. The maximum absolute atomic E-state index is 14.5. The first kappa shape index (κ1) is 22.6. The van der Waals surface area contributed by atoms with Gasteiger partial charge in [0.1, 0.15) is 5.82 Å². The molecule has 1 heteroatoms. The number of halogens is 1. The monoisotopic (exact) mass is 426 g/mol. The highest BCUT2D eigenvalue weighted by Crippen LogP contribution is 2.33. The molecule has 1 fully saturated rings. The molecule has 3 aromatic carbocycles. The van der Waals surface area contributed by atoms with Gasteiger partial charge in [-0.2, -0.15) is 0 Å². The van der Waals surface area contributed by atoms with Crippen molar-refractivity contribution in [2.24, 2.45) is 11.8 Å². The van der Waals surface area contributed by atoms with E-state index in [0.29, 0.717) is 11.8 Å². The Morgan fingerprint density at radius 1 is 0.781 bits per heavy atom. The fourth-order valence-electron chi connectivity index (χ4n) is 5.17. The Hall–Kier alpha value is -2.59. The van der Waals surface area contributed by atoms with Crippen molar-refractivity contribution in [3.8, 4) is 11.8 Å². The first-order valence-electron chi connectivity index (χ1n) is 12.5. The van der Waals surface area contributed by atoms with E-state index >= 15 is 0 Å². The Balaban J connectivity index is 1.34. The van der Waals surface area contributed by atoms with E-state index in [1.807, 2.05) is 37.3 Å². The van der Waals surface area contributed by atoms with Crippen molar-refractivity contribution < 1.29 is 4.39 Å². The third kappa shape index (κ3) is 5.60. The molecule has 166 valence electrons. The molecule has 0 amide bonds. The Morgan fingerprint density at radius 2 is 1.44 bits per heavy atom. The summed E-state index contributed by atoms with van der Waals surface area (Å²) in [6.07, 6.45) is 11.7. The van der Waals surface area contributed by atoms with Crippen LogP contribution in [0, 0.1) is 29.5 Å². The summed E-state index contributed by atoms with van der Waals surface area (Å²) < 4.78 is 14.5. The van der Waals surface area contributed by atoms with Crippen LogP contribution < -0.4 is 0 Å². The van der Waals surface area contributed by atoms with Gasteiger partial charge in [0.05, 0.1) is 0 Å². The predicted molar refractivity (Wildman–Crippen MR) is 134 cm³/mol. The average Bonchev–Trinajstić information content (AvgIpc) is 2.83. The van der Waals surface area contributed by atoms with E-state index in [1.54, 1.807) is 0 Å². The second kappa shape index (κ2) is 10.8. The summed E-state index contributed by atoms with van der Waals surface area (Å²) in [6, 6.07) is 18.4. The Kier molecular flexibility index (Phi) is 7.64. The van der Waals surface area contributed by atoms with Crippen LogP contribution in [0.5, 0.6) is 0 Å². The maximum atomic E-state index is 14.5. The van der Waals surface area contributed by atoms with Crippen LogP contribution in [0.15, 0.2) is 54.6 Å². The number of aryl methyl sites for hydroxylation is 2. The summed E-state index contributed by atoms with van der Waals surface area (Å²) in [4.78, 5) is 0. The van der Waals surface area contributed by atoms with Crippen molar-refractivity contribution in [3.05, 3.63) is 82.7 Å². The molecule has 0 bridgehead atoms. The predicted octanol–water partition coefficient (Wildman–Crippen LogP) is 8.48. The van der Waals surface area contributed by atoms with E-state index in [1.165, 1.54) is 56.9 Å². The smallest absolute Gasteiger partial charge is 0.134 e. The highest BCUT2D eigenvalue weighted by atomic mass is 19.1. The van der Waals surface area contributed by atoms with Crippen LogP contribution in [0.4, 0.5) is 4.39 Å². The topological polar surface area (TPSA) is 0 Å². The number of hydrogen-bond donors (Lipinski definition) is 0. The molecule has 32 heavy (non-hydrogen) atoms. The van der Waals surface area contributed by atoms with Crippen LogP contribution in [0.3, 0.4) is 0 Å². The van der Waals surface area contributed by atoms with Crippen LogP contribution in [-0.2, 0) is 12.8 Å². The lowest BCUT2D eigenvalue weighted by atomic mass is 9.78. The Bertz CT molecular complexity index is 1090. The van der Waals surface area contributed by atoms with Gasteiger partial charge >= 0.3 is 0 Å². The molecule has 1 aliphatic carbocycles. The van der Waals surface area contributed by atoms with Crippen LogP contribution in [0.25, 0.3) is 10.8 Å². The van der Waals surface area contributed by atoms with Gasteiger partial charge < -0.3 is 0 Å². The van der Waals surface area contributed by atoms with Crippen molar-refractivity contribution >= 4 is 10.8 Å². The van der Waals surface area contributed by atoms with Gasteiger partial charge in [-0.25, -0.2) is 4.39 Å². The molecule has 1 aliphatic rings. The van der Waals surface area contributed by atoms with Crippen molar-refractivity contribution in [1.82, 2.24) is 0 Å². The zero-order chi connectivity index (χ0) is 22.3. The van der Waals surface area contributed by atoms with Crippen molar-refractivity contribution in [3.63, 3.8) is 0 Å². The Labute approximate surface area is 193 Å². The summed E-state index contributed by atoms with van der Waals surface area (Å²) in [7, 11) is 0. The van der Waals surface area contributed by atoms with Crippen LogP contribution in [0.1, 0.15) is 81.0 Å². The third-order valence-corrected chi connectivity index (χ3v) is 7.22. The van der Waals surface area contributed by atoms with Gasteiger partial charge in [0, 0.05) is 16.5 Å². The van der Waals surface area contributed by atoms with Crippen LogP contribution >= 0.6 is 0 Å². The lowest BCUT2D eigenvalue weighted by molar-refractivity contribution is 0.252. The lowest BCUT2D eigenvalue weighted by Crippen LogP contribution is -2.15. The first-order valence-corrected chi connectivity index (χ1v) is 12.5. The molecular formula is C31H35F. The average molecular weight is 427 g/mol. The van der Waals surface area contributed by atoms with E-state index in [-0.39, 0.29) is 5.82 Å². The van der Waals surface area contributed by atoms with Gasteiger partial charge in [-0.05, 0) is 71.9 Å². The minimum absolute atomic E-state index is 0.103. The molecule has 0 nitrogen and oxygen atoms in total. The molecule has 0 atom stereocenters. The van der Waals surface area contributed by atoms with Gasteiger partial charge in [-0.1, -0.05) is 94.5 Å². The van der Waals surface area contributed by atoms with E-state index in [9.17, 15) is 4.39 Å². The molecular weight excluding hydrogens is 391 g/mol. The fourth-order valence-corrected chi connectivity index (χ4v) is 5.17. The molecule has 0 aromatic heterocycles. The van der Waals surface area contributed by atoms with E-state index in [4.69, 9.17) is 0 Å². The highest BCUT2D eigenvalue weighted by Gasteiger charge is 2.20. The summed E-state index contributed by atoms with van der Waals surface area (Å²) >= 11 is 0. The third-order valence-electron chi connectivity index (χ3n) is 7.22. The normalized spacial score (nSPS) is 18.3. The molecule has 0 unspecified atom stereocenters. The minimum atomic E-state index is -0.103. The second-order valence-electron chi connectivity index (χ2n) is 9.49.